The van der Waals surface area contributed by atoms with Crippen molar-refractivity contribution in [3.05, 3.63) is 196 Å². The van der Waals surface area contributed by atoms with E-state index >= 15 is 14.4 Å². The van der Waals surface area contributed by atoms with E-state index in [0.29, 0.717) is 28.0 Å². The first-order valence-electron chi connectivity index (χ1n) is 21.1. The molecule has 16 heteroatoms. The number of fused-ring (bicyclic) bond motifs is 4. The van der Waals surface area contributed by atoms with Crippen molar-refractivity contribution in [1.82, 2.24) is 9.88 Å². The number of anilines is 2. The second-order valence-electron chi connectivity index (χ2n) is 16.0. The van der Waals surface area contributed by atoms with Gasteiger partial charge in [0.05, 0.1) is 45.4 Å². The minimum absolute atomic E-state index is 0.0377. The molecule has 0 bridgehead atoms. The summed E-state index contributed by atoms with van der Waals surface area (Å²) < 4.78 is 19.1. The van der Waals surface area contributed by atoms with E-state index < -0.39 is 64.4 Å². The van der Waals surface area contributed by atoms with Crippen LogP contribution in [0, 0.1) is 16.0 Å². The number of hydrogen-bond donors (Lipinski definition) is 2. The van der Waals surface area contributed by atoms with Crippen LogP contribution < -0.4 is 15.0 Å². The lowest BCUT2D eigenvalue weighted by Gasteiger charge is -2.46. The number of carbonyl (C=O) groups is 4. The number of benzene rings is 6. The molecule has 7 aromatic rings. The summed E-state index contributed by atoms with van der Waals surface area (Å²) in [6.07, 6.45) is -2.01. The molecule has 0 radical (unpaired) electrons. The Morgan fingerprint density at radius 2 is 1.50 bits per heavy atom. The lowest BCUT2D eigenvalue weighted by atomic mass is 9.65. The first kappa shape index (κ1) is 42.2. The molecule has 66 heavy (non-hydrogen) atoms. The van der Waals surface area contributed by atoms with Gasteiger partial charge in [-0.25, -0.2) is 14.7 Å². The summed E-state index contributed by atoms with van der Waals surface area (Å²) in [5.41, 5.74) is 1.13. The molecule has 3 amide bonds. The van der Waals surface area contributed by atoms with Crippen molar-refractivity contribution in [3.63, 3.8) is 0 Å². The average Bonchev–Trinajstić information content (AvgIpc) is 3.99. The number of nitro groups is 1. The van der Waals surface area contributed by atoms with E-state index in [0.717, 1.165) is 15.2 Å². The third-order valence-electron chi connectivity index (χ3n) is 12.4. The predicted molar refractivity (Wildman–Crippen MR) is 242 cm³/mol. The quantitative estimate of drug-likeness (QED) is 0.0720. The maximum atomic E-state index is 16.3. The number of para-hydroxylation sites is 2. The van der Waals surface area contributed by atoms with Crippen molar-refractivity contribution in [3.8, 4) is 5.75 Å². The van der Waals surface area contributed by atoms with Crippen molar-refractivity contribution in [1.29, 1.82) is 0 Å². The van der Waals surface area contributed by atoms with Gasteiger partial charge in [0.15, 0.2) is 5.13 Å². The number of carbonyl (C=O) groups excluding carboxylic acids is 4. The number of amides is 3. The first-order valence-corrected chi connectivity index (χ1v) is 21.9. The van der Waals surface area contributed by atoms with Gasteiger partial charge in [-0.15, -0.1) is 0 Å². The van der Waals surface area contributed by atoms with Gasteiger partial charge < -0.3 is 24.6 Å². The zero-order valence-electron chi connectivity index (χ0n) is 34.8. The van der Waals surface area contributed by atoms with Crippen LogP contribution in [0.1, 0.15) is 46.0 Å². The molecule has 2 saturated heterocycles. The molecule has 3 aliphatic heterocycles. The molecule has 6 unspecified atom stereocenters. The second kappa shape index (κ2) is 17.3. The molecule has 10 rings (SSSR count). The van der Waals surface area contributed by atoms with Crippen LogP contribution in [0.3, 0.4) is 0 Å². The van der Waals surface area contributed by atoms with Crippen molar-refractivity contribution in [2.24, 2.45) is 5.92 Å². The number of esters is 1. The van der Waals surface area contributed by atoms with Gasteiger partial charge in [-0.1, -0.05) is 114 Å². The number of nitrogens with zero attached hydrogens (tertiary/aromatic N) is 4. The molecule has 0 aliphatic carbocycles. The predicted octanol–water partition coefficient (Wildman–Crippen LogP) is 8.22. The molecule has 2 N–H and O–H groups in total. The summed E-state index contributed by atoms with van der Waals surface area (Å²) in [5.74, 6) is -3.54. The molecule has 4 heterocycles. The Balaban J connectivity index is 1.20. The Labute approximate surface area is 380 Å². The Bertz CT molecular complexity index is 2970. The van der Waals surface area contributed by atoms with E-state index in [9.17, 15) is 20.0 Å². The Morgan fingerprint density at radius 3 is 2.23 bits per heavy atom. The zero-order valence-corrected chi connectivity index (χ0v) is 35.7. The van der Waals surface area contributed by atoms with Crippen molar-refractivity contribution in [2.45, 2.75) is 36.3 Å². The maximum Gasteiger partial charge on any atom is 0.421 e. The first-order chi connectivity index (χ1) is 32.2. The van der Waals surface area contributed by atoms with Crippen LogP contribution in [-0.2, 0) is 35.9 Å². The SMILES string of the molecule is O=C1OC(c2ccccc2)C(c2ccccc2)N2C1C(C(=O)Nc1nc3ccccc3s1)C1(C(=O)N(C(=O)OCc3ccc([N+](=O)[O-])cc3)c3ccccc31)C2c1cccc(OCCO)c1. The summed E-state index contributed by atoms with van der Waals surface area (Å²) in [4.78, 5) is 80.1. The minimum Gasteiger partial charge on any atom is -0.491 e. The van der Waals surface area contributed by atoms with Crippen LogP contribution in [0.25, 0.3) is 10.2 Å². The molecule has 1 spiro atoms. The van der Waals surface area contributed by atoms with Crippen LogP contribution in [0.5, 0.6) is 5.75 Å². The van der Waals surface area contributed by atoms with Gasteiger partial charge in [0.2, 0.25) is 11.8 Å². The van der Waals surface area contributed by atoms with Gasteiger partial charge in [0.1, 0.15) is 36.5 Å². The fourth-order valence-corrected chi connectivity index (χ4v) is 10.7. The van der Waals surface area contributed by atoms with E-state index in [-0.39, 0.29) is 41.9 Å². The van der Waals surface area contributed by atoms with Crippen LogP contribution in [0.4, 0.5) is 21.3 Å². The van der Waals surface area contributed by atoms with E-state index in [4.69, 9.17) is 14.2 Å². The number of aromatic nitrogens is 1. The third-order valence-corrected chi connectivity index (χ3v) is 13.4. The van der Waals surface area contributed by atoms with Gasteiger partial charge >= 0.3 is 12.1 Å². The number of morpholine rings is 1. The van der Waals surface area contributed by atoms with Crippen LogP contribution in [0.15, 0.2) is 158 Å². The molecule has 3 aliphatic rings. The van der Waals surface area contributed by atoms with Gasteiger partial charge in [0.25, 0.3) is 5.69 Å². The van der Waals surface area contributed by atoms with Gasteiger partial charge in [-0.3, -0.25) is 29.4 Å². The third kappa shape index (κ3) is 7.11. The molecule has 1 aromatic heterocycles. The van der Waals surface area contributed by atoms with Crippen LogP contribution in [-0.4, -0.2) is 63.0 Å². The maximum absolute atomic E-state index is 16.3. The Hall–Kier alpha value is -7.79. The van der Waals surface area contributed by atoms with E-state index in [1.807, 2.05) is 89.8 Å². The number of imide groups is 1. The number of ether oxygens (including phenoxy) is 3. The topological polar surface area (TPSA) is 191 Å². The minimum atomic E-state index is -2.05. The van der Waals surface area contributed by atoms with Crippen molar-refractivity contribution < 1.29 is 43.4 Å². The van der Waals surface area contributed by atoms with Crippen LogP contribution in [0.2, 0.25) is 0 Å². The number of hydrogen-bond acceptors (Lipinski definition) is 13. The Morgan fingerprint density at radius 1 is 0.818 bits per heavy atom. The summed E-state index contributed by atoms with van der Waals surface area (Å²) in [6, 6.07) is 41.6. The Kier molecular flexibility index (Phi) is 11.1. The van der Waals surface area contributed by atoms with E-state index in [1.165, 1.54) is 35.6 Å². The number of nitrogens with one attached hydrogen (secondary N) is 1. The molecule has 6 atom stereocenters. The summed E-state index contributed by atoms with van der Waals surface area (Å²) in [7, 11) is 0. The number of cyclic esters (lactones) is 1. The van der Waals surface area contributed by atoms with Crippen molar-refractivity contribution in [2.75, 3.05) is 23.4 Å². The standard InChI is InChI=1S/C50H39N5O10S/c56-26-27-63-35-17-11-16-33(28-35)44-50(36-18-7-9-20-38(36)53(47(50)59)49(60)64-29-30-22-24-34(25-23-30)55(61)62)40(45(57)52-48-51-37-19-8-10-21-39(37)66-48)42-46(58)65-43(32-14-5-2-6-15-32)41(54(42)44)31-12-3-1-4-13-31/h1-25,28,40-44,56H,26-27,29H2,(H,51,52,57). The summed E-state index contributed by atoms with van der Waals surface area (Å²) in [6.45, 7) is -0.659. The van der Waals surface area contributed by atoms with Crippen LogP contribution >= 0.6 is 11.3 Å². The largest absolute Gasteiger partial charge is 0.491 e. The highest BCUT2D eigenvalue weighted by molar-refractivity contribution is 7.22. The molecule has 6 aromatic carbocycles. The van der Waals surface area contributed by atoms with Gasteiger partial charge in [0, 0.05) is 12.1 Å². The fraction of sp³-hybridized carbons (Fsp3) is 0.180. The fourth-order valence-electron chi connectivity index (χ4n) is 9.81. The normalized spacial score (nSPS) is 22.1. The number of thiazole rings is 1. The van der Waals surface area contributed by atoms with Gasteiger partial charge in [-0.2, -0.15) is 0 Å². The second-order valence-corrected chi connectivity index (χ2v) is 17.1. The lowest BCUT2D eigenvalue weighted by Crippen LogP contribution is -2.54. The summed E-state index contributed by atoms with van der Waals surface area (Å²) in [5, 5.41) is 24.3. The molecule has 330 valence electrons. The monoisotopic (exact) mass is 901 g/mol. The summed E-state index contributed by atoms with van der Waals surface area (Å²) >= 11 is 1.23. The average molecular weight is 902 g/mol. The molecule has 0 saturated carbocycles. The number of nitro benzene ring substituents is 1. The highest BCUT2D eigenvalue weighted by Crippen LogP contribution is 2.66. The number of aliphatic hydroxyl groups excluding tert-OH is 1. The van der Waals surface area contributed by atoms with E-state index in [2.05, 4.69) is 10.3 Å². The highest BCUT2D eigenvalue weighted by Gasteiger charge is 2.75. The smallest absolute Gasteiger partial charge is 0.421 e. The number of rotatable bonds is 11. The molecule has 15 nitrogen and oxygen atoms in total. The number of non-ortho nitro benzene ring substituents is 1. The number of aliphatic hydroxyl groups is 1. The molecular weight excluding hydrogens is 863 g/mol. The lowest BCUT2D eigenvalue weighted by molar-refractivity contribution is -0.384. The van der Waals surface area contributed by atoms with Gasteiger partial charge in [-0.05, 0) is 70.3 Å². The van der Waals surface area contributed by atoms with E-state index in [1.54, 1.807) is 48.5 Å². The molecular formula is C50H39N5O10S. The molecule has 2 fully saturated rings. The zero-order chi connectivity index (χ0) is 45.5. The van der Waals surface area contributed by atoms with Crippen molar-refractivity contribution >= 4 is 61.9 Å². The highest BCUT2D eigenvalue weighted by atomic mass is 32.1.